The van der Waals surface area contributed by atoms with Crippen molar-refractivity contribution < 1.29 is 9.53 Å². The van der Waals surface area contributed by atoms with Gasteiger partial charge in [0.2, 0.25) is 5.91 Å². The van der Waals surface area contributed by atoms with E-state index in [2.05, 4.69) is 5.32 Å². The van der Waals surface area contributed by atoms with Crippen LogP contribution in [0.25, 0.3) is 10.1 Å². The molecule has 1 aromatic heterocycles. The second-order valence-electron chi connectivity index (χ2n) is 5.69. The maximum Gasteiger partial charge on any atom is 0.269 e. The van der Waals surface area contributed by atoms with E-state index in [0.29, 0.717) is 21.8 Å². The minimum Gasteiger partial charge on any atom is -0.495 e. The molecule has 0 bridgehead atoms. The Balaban J connectivity index is 1.92. The Morgan fingerprint density at radius 2 is 2.04 bits per heavy atom. The smallest absolute Gasteiger partial charge is 0.269 e. The summed E-state index contributed by atoms with van der Waals surface area (Å²) in [6.07, 6.45) is 0. The molecule has 0 aliphatic rings. The molecule has 1 unspecified atom stereocenters. The number of carbonyl (C=O) groups is 1. The van der Waals surface area contributed by atoms with Crippen molar-refractivity contribution >= 4 is 44.8 Å². The highest BCUT2D eigenvalue weighted by Crippen LogP contribution is 2.31. The normalized spacial score (nSPS) is 12.2. The molecule has 0 saturated carbocycles. The first-order valence-electron chi connectivity index (χ1n) is 7.68. The van der Waals surface area contributed by atoms with Gasteiger partial charge in [-0.1, -0.05) is 35.3 Å². The van der Waals surface area contributed by atoms with E-state index in [-0.39, 0.29) is 11.5 Å². The van der Waals surface area contributed by atoms with E-state index in [4.69, 9.17) is 16.3 Å². The molecule has 7 heteroatoms. The second kappa shape index (κ2) is 6.90. The van der Waals surface area contributed by atoms with Gasteiger partial charge in [0.25, 0.3) is 5.56 Å². The SMILES string of the molecule is COc1cc(Cl)c(C)cc1NC(=O)C(C)n1sc2ccccc2c1=O. The minimum atomic E-state index is -0.648. The molecule has 0 saturated heterocycles. The van der Waals surface area contributed by atoms with E-state index < -0.39 is 6.04 Å². The molecule has 3 rings (SSSR count). The van der Waals surface area contributed by atoms with Crippen LogP contribution in [-0.4, -0.2) is 17.0 Å². The summed E-state index contributed by atoms with van der Waals surface area (Å²) in [7, 11) is 1.51. The van der Waals surface area contributed by atoms with Crippen molar-refractivity contribution in [3.8, 4) is 5.75 Å². The lowest BCUT2D eigenvalue weighted by atomic mass is 10.2. The molecule has 130 valence electrons. The van der Waals surface area contributed by atoms with Gasteiger partial charge in [-0.15, -0.1) is 0 Å². The van der Waals surface area contributed by atoms with Gasteiger partial charge in [0.15, 0.2) is 0 Å². The molecule has 1 N–H and O–H groups in total. The first kappa shape index (κ1) is 17.5. The van der Waals surface area contributed by atoms with Crippen molar-refractivity contribution in [2.24, 2.45) is 0 Å². The van der Waals surface area contributed by atoms with Gasteiger partial charge in [-0.3, -0.25) is 13.5 Å². The van der Waals surface area contributed by atoms with Gasteiger partial charge in [0.1, 0.15) is 11.8 Å². The molecular weight excluding hydrogens is 360 g/mol. The molecule has 25 heavy (non-hydrogen) atoms. The molecule has 0 spiro atoms. The van der Waals surface area contributed by atoms with Crippen molar-refractivity contribution in [3.05, 3.63) is 57.3 Å². The zero-order valence-corrected chi connectivity index (χ0v) is 15.6. The molecule has 1 heterocycles. The quantitative estimate of drug-likeness (QED) is 0.741. The van der Waals surface area contributed by atoms with Gasteiger partial charge < -0.3 is 10.1 Å². The molecule has 0 aliphatic heterocycles. The fourth-order valence-corrected chi connectivity index (χ4v) is 3.71. The van der Waals surface area contributed by atoms with Gasteiger partial charge in [-0.25, -0.2) is 0 Å². The predicted octanol–water partition coefficient (Wildman–Crippen LogP) is 4.23. The summed E-state index contributed by atoms with van der Waals surface area (Å²) in [5.41, 5.74) is 1.18. The Morgan fingerprint density at radius 3 is 2.72 bits per heavy atom. The zero-order valence-electron chi connectivity index (χ0n) is 14.0. The number of rotatable bonds is 4. The highest BCUT2D eigenvalue weighted by Gasteiger charge is 2.21. The number of benzene rings is 2. The Labute approximate surface area is 153 Å². The average Bonchev–Trinajstić information content (AvgIpc) is 2.94. The van der Waals surface area contributed by atoms with E-state index in [1.807, 2.05) is 25.1 Å². The number of fused-ring (bicyclic) bond motifs is 1. The number of nitrogens with one attached hydrogen (secondary N) is 1. The van der Waals surface area contributed by atoms with Crippen LogP contribution in [0.15, 0.2) is 41.2 Å². The number of amides is 1. The first-order valence-corrected chi connectivity index (χ1v) is 8.83. The molecule has 1 atom stereocenters. The second-order valence-corrected chi connectivity index (χ2v) is 7.11. The summed E-state index contributed by atoms with van der Waals surface area (Å²) in [5, 5.41) is 4.00. The lowest BCUT2D eigenvalue weighted by Gasteiger charge is -2.15. The molecular formula is C18H17ClN2O3S. The van der Waals surface area contributed by atoms with Crippen LogP contribution >= 0.6 is 23.1 Å². The van der Waals surface area contributed by atoms with E-state index in [1.165, 1.54) is 22.6 Å². The molecule has 5 nitrogen and oxygen atoms in total. The number of nitrogens with zero attached hydrogens (tertiary/aromatic N) is 1. The highest BCUT2D eigenvalue weighted by atomic mass is 35.5. The number of hydrogen-bond donors (Lipinski definition) is 1. The topological polar surface area (TPSA) is 60.3 Å². The number of aromatic nitrogens is 1. The van der Waals surface area contributed by atoms with Crippen LogP contribution in [0.4, 0.5) is 5.69 Å². The molecule has 2 aromatic carbocycles. The number of anilines is 1. The fourth-order valence-electron chi connectivity index (χ4n) is 2.52. The van der Waals surface area contributed by atoms with E-state index in [0.717, 1.165) is 10.3 Å². The number of methoxy groups -OCH3 is 1. The third-order valence-corrected chi connectivity index (χ3v) is 5.62. The third kappa shape index (κ3) is 3.27. The van der Waals surface area contributed by atoms with Gasteiger partial charge in [-0.05, 0) is 37.6 Å². The molecule has 0 aliphatic carbocycles. The van der Waals surface area contributed by atoms with Crippen molar-refractivity contribution in [2.45, 2.75) is 19.9 Å². The van der Waals surface area contributed by atoms with Crippen LogP contribution in [0.2, 0.25) is 5.02 Å². The summed E-state index contributed by atoms with van der Waals surface area (Å²) >= 11 is 7.37. The number of ether oxygens (including phenoxy) is 1. The number of carbonyl (C=O) groups excluding carboxylic acids is 1. The summed E-state index contributed by atoms with van der Waals surface area (Å²) in [6.45, 7) is 3.54. The van der Waals surface area contributed by atoms with Crippen LogP contribution in [0.5, 0.6) is 5.75 Å². The van der Waals surface area contributed by atoms with E-state index in [9.17, 15) is 9.59 Å². The zero-order chi connectivity index (χ0) is 18.1. The van der Waals surface area contributed by atoms with Gasteiger partial charge >= 0.3 is 0 Å². The minimum absolute atomic E-state index is 0.164. The number of hydrogen-bond acceptors (Lipinski definition) is 4. The largest absolute Gasteiger partial charge is 0.495 e. The average molecular weight is 377 g/mol. The molecule has 0 fully saturated rings. The summed E-state index contributed by atoms with van der Waals surface area (Å²) in [6, 6.07) is 10.1. The lowest BCUT2D eigenvalue weighted by molar-refractivity contribution is -0.118. The maximum absolute atomic E-state index is 12.7. The number of aryl methyl sites for hydroxylation is 1. The Morgan fingerprint density at radius 1 is 1.32 bits per heavy atom. The van der Waals surface area contributed by atoms with Gasteiger partial charge in [0, 0.05) is 11.1 Å². The Kier molecular flexibility index (Phi) is 4.83. The van der Waals surface area contributed by atoms with Crippen LogP contribution < -0.4 is 15.6 Å². The monoisotopic (exact) mass is 376 g/mol. The third-order valence-electron chi connectivity index (χ3n) is 3.98. The van der Waals surface area contributed by atoms with Crippen LogP contribution in [0.3, 0.4) is 0 Å². The highest BCUT2D eigenvalue weighted by molar-refractivity contribution is 7.14. The van der Waals surface area contributed by atoms with Crippen molar-refractivity contribution in [2.75, 3.05) is 12.4 Å². The van der Waals surface area contributed by atoms with Crippen LogP contribution in [0, 0.1) is 6.92 Å². The molecule has 0 radical (unpaired) electrons. The summed E-state index contributed by atoms with van der Waals surface area (Å²) in [4.78, 5) is 25.2. The lowest BCUT2D eigenvalue weighted by Crippen LogP contribution is -2.28. The first-order chi connectivity index (χ1) is 11.9. The fraction of sp³-hybridized carbons (Fsp3) is 0.222. The molecule has 3 aromatic rings. The van der Waals surface area contributed by atoms with Crippen molar-refractivity contribution in [1.82, 2.24) is 3.96 Å². The van der Waals surface area contributed by atoms with Crippen LogP contribution in [-0.2, 0) is 4.79 Å². The Bertz CT molecular complexity index is 1010. The maximum atomic E-state index is 12.7. The van der Waals surface area contributed by atoms with Gasteiger partial charge in [-0.2, -0.15) is 0 Å². The van der Waals surface area contributed by atoms with E-state index in [1.54, 1.807) is 25.1 Å². The number of halogens is 1. The summed E-state index contributed by atoms with van der Waals surface area (Å²) in [5.74, 6) is 0.175. The standard InChI is InChI=1S/C18H17ClN2O3S/c1-10-8-14(15(24-3)9-13(10)19)20-17(22)11(2)21-18(23)12-6-4-5-7-16(12)25-21/h4-9,11H,1-3H3,(H,20,22). The van der Waals surface area contributed by atoms with Crippen molar-refractivity contribution in [3.63, 3.8) is 0 Å². The van der Waals surface area contributed by atoms with Gasteiger partial charge in [0.05, 0.1) is 22.9 Å². The van der Waals surface area contributed by atoms with E-state index >= 15 is 0 Å². The summed E-state index contributed by atoms with van der Waals surface area (Å²) < 4.78 is 7.61. The Hall–Kier alpha value is -2.31. The van der Waals surface area contributed by atoms with Crippen molar-refractivity contribution in [1.29, 1.82) is 0 Å². The predicted molar refractivity (Wildman–Crippen MR) is 102 cm³/mol. The van der Waals surface area contributed by atoms with Crippen LogP contribution in [0.1, 0.15) is 18.5 Å². The molecule has 1 amide bonds.